The lowest BCUT2D eigenvalue weighted by Gasteiger charge is -2.15. The third kappa shape index (κ3) is 4.50. The predicted octanol–water partition coefficient (Wildman–Crippen LogP) is 0.419. The van der Waals surface area contributed by atoms with Crippen molar-refractivity contribution in [2.24, 2.45) is 5.73 Å². The van der Waals surface area contributed by atoms with Crippen molar-refractivity contribution in [2.75, 3.05) is 13.7 Å². The molecule has 0 aliphatic rings. The average Bonchev–Trinajstić information content (AvgIpc) is 2.35. The zero-order chi connectivity index (χ0) is 14.5. The molecule has 0 spiro atoms. The summed E-state index contributed by atoms with van der Waals surface area (Å²) >= 11 is 4.81. The van der Waals surface area contributed by atoms with Crippen LogP contribution < -0.4 is 10.5 Å². The Morgan fingerprint density at radius 2 is 2.32 bits per heavy atom. The number of thiocarbonyl (C=S) groups is 1. The fourth-order valence-corrected chi connectivity index (χ4v) is 3.15. The molecule has 6 nitrogen and oxygen atoms in total. The van der Waals surface area contributed by atoms with Crippen molar-refractivity contribution in [3.8, 4) is 0 Å². The largest absolute Gasteiger partial charge is 0.388 e. The van der Waals surface area contributed by atoms with E-state index in [1.165, 1.54) is 18.3 Å². The van der Waals surface area contributed by atoms with E-state index in [1.807, 2.05) is 0 Å². The smallest absolute Gasteiger partial charge is 0.243 e. The summed E-state index contributed by atoms with van der Waals surface area (Å²) in [5, 5.41) is 0. The Hall–Kier alpha value is -1.09. The highest BCUT2D eigenvalue weighted by atomic mass is 32.2. The van der Waals surface area contributed by atoms with Gasteiger partial charge < -0.3 is 10.5 Å². The number of sulfonamides is 1. The molecule has 106 valence electrons. The monoisotopic (exact) mass is 303 g/mol. The molecule has 8 heteroatoms. The van der Waals surface area contributed by atoms with Crippen LogP contribution in [0.3, 0.4) is 0 Å². The molecule has 0 saturated heterocycles. The van der Waals surface area contributed by atoms with Crippen LogP contribution in [-0.4, -0.2) is 38.1 Å². The zero-order valence-electron chi connectivity index (χ0n) is 10.8. The number of rotatable bonds is 7. The Balaban J connectivity index is 2.98. The molecular formula is C11H17N3O3S2. The number of nitrogens with one attached hydrogen (secondary N) is 1. The lowest BCUT2D eigenvalue weighted by molar-refractivity contribution is 0.188. The number of methoxy groups -OCH3 is 1. The van der Waals surface area contributed by atoms with Crippen LogP contribution in [-0.2, 0) is 14.8 Å². The normalized spacial score (nSPS) is 13.2. The Morgan fingerprint density at radius 3 is 2.89 bits per heavy atom. The number of ether oxygens (including phenoxy) is 1. The minimum absolute atomic E-state index is 0.00762. The van der Waals surface area contributed by atoms with E-state index >= 15 is 0 Å². The second-order valence-electron chi connectivity index (χ2n) is 4.02. The van der Waals surface area contributed by atoms with E-state index in [-0.39, 0.29) is 21.6 Å². The molecule has 3 N–H and O–H groups in total. The average molecular weight is 303 g/mol. The molecule has 0 aromatic carbocycles. The summed E-state index contributed by atoms with van der Waals surface area (Å²) < 4.78 is 31.9. The van der Waals surface area contributed by atoms with E-state index in [0.717, 1.165) is 0 Å². The fourth-order valence-electron chi connectivity index (χ4n) is 1.47. The van der Waals surface area contributed by atoms with Crippen molar-refractivity contribution in [3.05, 3.63) is 24.0 Å². The summed E-state index contributed by atoms with van der Waals surface area (Å²) in [5.41, 5.74) is 5.58. The molecule has 0 aliphatic heterocycles. The first-order valence-corrected chi connectivity index (χ1v) is 7.53. The Labute approximate surface area is 118 Å². The molecule has 0 radical (unpaired) electrons. The number of hydrogen-bond donors (Lipinski definition) is 2. The van der Waals surface area contributed by atoms with Gasteiger partial charge >= 0.3 is 0 Å². The zero-order valence-corrected chi connectivity index (χ0v) is 12.4. The highest BCUT2D eigenvalue weighted by Crippen LogP contribution is 2.13. The summed E-state index contributed by atoms with van der Waals surface area (Å²) in [7, 11) is -2.14. The van der Waals surface area contributed by atoms with Crippen molar-refractivity contribution in [3.63, 3.8) is 0 Å². The van der Waals surface area contributed by atoms with Crippen molar-refractivity contribution < 1.29 is 13.2 Å². The number of nitrogens with two attached hydrogens (primary N) is 1. The standard InChI is InChI=1S/C11H17N3O3S2/c1-8(5-7-17-2)14-19(15,16)9-4-3-6-13-10(9)11(12)18/h3-4,6,8,14H,5,7H2,1-2H3,(H2,12,18). The van der Waals surface area contributed by atoms with E-state index in [2.05, 4.69) is 9.71 Å². The molecule has 1 aromatic rings. The van der Waals surface area contributed by atoms with Gasteiger partial charge in [0.1, 0.15) is 15.6 Å². The highest BCUT2D eigenvalue weighted by Gasteiger charge is 2.22. The maximum Gasteiger partial charge on any atom is 0.243 e. The van der Waals surface area contributed by atoms with E-state index in [9.17, 15) is 8.42 Å². The van der Waals surface area contributed by atoms with Crippen molar-refractivity contribution in [1.29, 1.82) is 0 Å². The van der Waals surface area contributed by atoms with Gasteiger partial charge in [0.2, 0.25) is 10.0 Å². The van der Waals surface area contributed by atoms with Crippen LogP contribution in [0.4, 0.5) is 0 Å². The molecule has 1 aromatic heterocycles. The second kappa shape index (κ2) is 6.90. The molecule has 1 heterocycles. The third-order valence-electron chi connectivity index (χ3n) is 2.40. The van der Waals surface area contributed by atoms with Crippen molar-refractivity contribution >= 4 is 27.2 Å². The summed E-state index contributed by atoms with van der Waals surface area (Å²) in [4.78, 5) is 3.85. The first-order valence-electron chi connectivity index (χ1n) is 5.64. The van der Waals surface area contributed by atoms with Crippen LogP contribution in [0.5, 0.6) is 0 Å². The number of aromatic nitrogens is 1. The molecule has 1 atom stereocenters. The van der Waals surface area contributed by atoms with E-state index < -0.39 is 10.0 Å². The molecule has 0 aliphatic carbocycles. The quantitative estimate of drug-likeness (QED) is 0.709. The summed E-state index contributed by atoms with van der Waals surface area (Å²) in [6.45, 7) is 2.23. The summed E-state index contributed by atoms with van der Waals surface area (Å²) in [6.07, 6.45) is 2.01. The third-order valence-corrected chi connectivity index (χ3v) is 4.22. The van der Waals surface area contributed by atoms with Crippen LogP contribution >= 0.6 is 12.2 Å². The number of hydrogen-bond acceptors (Lipinski definition) is 5. The lowest BCUT2D eigenvalue weighted by Crippen LogP contribution is -2.34. The summed E-state index contributed by atoms with van der Waals surface area (Å²) in [6, 6.07) is 2.69. The van der Waals surface area contributed by atoms with Gasteiger partial charge in [-0.25, -0.2) is 13.1 Å². The van der Waals surface area contributed by atoms with Gasteiger partial charge in [-0.15, -0.1) is 0 Å². The van der Waals surface area contributed by atoms with Gasteiger partial charge in [-0.2, -0.15) is 0 Å². The van der Waals surface area contributed by atoms with Gasteiger partial charge in [0.25, 0.3) is 0 Å². The highest BCUT2D eigenvalue weighted by molar-refractivity contribution is 7.89. The maximum atomic E-state index is 12.2. The van der Waals surface area contributed by atoms with Gasteiger partial charge in [0, 0.05) is 26.0 Å². The van der Waals surface area contributed by atoms with Gasteiger partial charge in [-0.05, 0) is 25.5 Å². The van der Waals surface area contributed by atoms with Crippen LogP contribution in [0.2, 0.25) is 0 Å². The predicted molar refractivity (Wildman–Crippen MR) is 76.4 cm³/mol. The second-order valence-corrected chi connectivity index (χ2v) is 6.14. The molecule has 0 fully saturated rings. The SMILES string of the molecule is COCCC(C)NS(=O)(=O)c1cccnc1C(N)=S. The topological polar surface area (TPSA) is 94.3 Å². The minimum atomic E-state index is -3.70. The molecule has 0 saturated carbocycles. The van der Waals surface area contributed by atoms with E-state index in [4.69, 9.17) is 22.7 Å². The molecule has 1 rings (SSSR count). The number of nitrogens with zero attached hydrogens (tertiary/aromatic N) is 1. The Morgan fingerprint density at radius 1 is 1.63 bits per heavy atom. The fraction of sp³-hybridized carbons (Fsp3) is 0.455. The van der Waals surface area contributed by atoms with Crippen LogP contribution in [0.15, 0.2) is 23.2 Å². The molecule has 19 heavy (non-hydrogen) atoms. The number of pyridine rings is 1. The first kappa shape index (κ1) is 16.0. The van der Waals surface area contributed by atoms with Gasteiger partial charge in [0.05, 0.1) is 0 Å². The van der Waals surface area contributed by atoms with Gasteiger partial charge in [-0.1, -0.05) is 12.2 Å². The Kier molecular flexibility index (Phi) is 5.80. The van der Waals surface area contributed by atoms with Gasteiger partial charge in [0.15, 0.2) is 0 Å². The van der Waals surface area contributed by atoms with E-state index in [1.54, 1.807) is 14.0 Å². The lowest BCUT2D eigenvalue weighted by atomic mass is 10.3. The molecule has 0 amide bonds. The van der Waals surface area contributed by atoms with Crippen molar-refractivity contribution in [1.82, 2.24) is 9.71 Å². The Bertz CT molecular complexity index is 546. The van der Waals surface area contributed by atoms with E-state index in [0.29, 0.717) is 13.0 Å². The van der Waals surface area contributed by atoms with Crippen LogP contribution in [0, 0.1) is 0 Å². The molecular weight excluding hydrogens is 286 g/mol. The van der Waals surface area contributed by atoms with Crippen molar-refractivity contribution in [2.45, 2.75) is 24.3 Å². The summed E-state index contributed by atoms with van der Waals surface area (Å²) in [5.74, 6) is 0. The maximum absolute atomic E-state index is 12.2. The molecule has 1 unspecified atom stereocenters. The minimum Gasteiger partial charge on any atom is -0.388 e. The van der Waals surface area contributed by atoms with Gasteiger partial charge in [-0.3, -0.25) is 4.98 Å². The first-order chi connectivity index (χ1) is 8.88. The van der Waals surface area contributed by atoms with Crippen LogP contribution in [0.1, 0.15) is 19.0 Å². The van der Waals surface area contributed by atoms with Crippen LogP contribution in [0.25, 0.3) is 0 Å². The molecule has 0 bridgehead atoms.